The maximum absolute atomic E-state index is 14.0. The number of unbranched alkanes of at least 4 members (excludes halogenated alkanes) is 1. The molecule has 3 rings (SSSR count). The van der Waals surface area contributed by atoms with Crippen LogP contribution in [0.5, 0.6) is 0 Å². The molecular weight excluding hydrogens is 626 g/mol. The van der Waals surface area contributed by atoms with Crippen LogP contribution in [0.3, 0.4) is 0 Å². The maximum Gasteiger partial charge on any atom is 0.416 e. The zero-order chi connectivity index (χ0) is 31.8. The highest BCUT2D eigenvalue weighted by Gasteiger charge is 2.36. The summed E-state index contributed by atoms with van der Waals surface area (Å²) in [7, 11) is -4.52. The Bertz CT molecular complexity index is 1520. The highest BCUT2D eigenvalue weighted by atomic mass is 35.5. The highest BCUT2D eigenvalue weighted by Crippen LogP contribution is 2.33. The second-order valence-electron chi connectivity index (χ2n) is 9.71. The molecule has 0 heterocycles. The molecular formula is C30H32Cl2F3N3O4S. The monoisotopic (exact) mass is 657 g/mol. The number of nitrogens with one attached hydrogen (secondary N) is 1. The van der Waals surface area contributed by atoms with E-state index in [1.54, 1.807) is 19.1 Å². The van der Waals surface area contributed by atoms with E-state index in [-0.39, 0.29) is 33.6 Å². The van der Waals surface area contributed by atoms with Gasteiger partial charge in [0.1, 0.15) is 12.6 Å². The summed E-state index contributed by atoms with van der Waals surface area (Å²) in [6.45, 7) is 3.01. The van der Waals surface area contributed by atoms with Gasteiger partial charge in [-0.25, -0.2) is 8.42 Å². The lowest BCUT2D eigenvalue weighted by Crippen LogP contribution is -2.52. The van der Waals surface area contributed by atoms with Gasteiger partial charge < -0.3 is 10.2 Å². The van der Waals surface area contributed by atoms with Gasteiger partial charge in [0.05, 0.1) is 26.2 Å². The molecule has 2 amide bonds. The van der Waals surface area contributed by atoms with E-state index in [1.807, 2.05) is 6.92 Å². The van der Waals surface area contributed by atoms with Crippen molar-refractivity contribution in [2.24, 2.45) is 0 Å². The number of hydrogen-bond donors (Lipinski definition) is 1. The molecule has 0 aromatic heterocycles. The summed E-state index contributed by atoms with van der Waals surface area (Å²) in [6.07, 6.45) is -3.04. The number of carbonyl (C=O) groups is 2. The number of rotatable bonds is 13. The maximum atomic E-state index is 14.0. The molecule has 0 radical (unpaired) electrons. The van der Waals surface area contributed by atoms with Crippen LogP contribution >= 0.6 is 23.2 Å². The van der Waals surface area contributed by atoms with Crippen LogP contribution in [0.2, 0.25) is 10.0 Å². The van der Waals surface area contributed by atoms with Crippen molar-refractivity contribution >= 4 is 50.7 Å². The zero-order valence-corrected chi connectivity index (χ0v) is 25.9. The van der Waals surface area contributed by atoms with Crippen molar-refractivity contribution in [3.8, 4) is 0 Å². The number of halogens is 5. The topological polar surface area (TPSA) is 86.8 Å². The van der Waals surface area contributed by atoms with E-state index in [2.05, 4.69) is 5.32 Å². The fourth-order valence-electron chi connectivity index (χ4n) is 4.35. The third-order valence-electron chi connectivity index (χ3n) is 6.62. The average molecular weight is 659 g/mol. The Morgan fingerprint density at radius 1 is 0.930 bits per heavy atom. The molecule has 13 heteroatoms. The van der Waals surface area contributed by atoms with Crippen LogP contribution in [0.25, 0.3) is 0 Å². The van der Waals surface area contributed by atoms with Gasteiger partial charge in [0, 0.05) is 13.1 Å². The molecule has 0 bridgehead atoms. The predicted molar refractivity (Wildman–Crippen MR) is 161 cm³/mol. The normalized spacial score (nSPS) is 12.4. The number of alkyl halides is 3. The molecule has 1 unspecified atom stereocenters. The summed E-state index contributed by atoms with van der Waals surface area (Å²) in [5.74, 6) is -1.25. The van der Waals surface area contributed by atoms with E-state index in [0.29, 0.717) is 28.9 Å². The third-order valence-corrected chi connectivity index (χ3v) is 9.15. The Kier molecular flexibility index (Phi) is 11.9. The number of hydrogen-bond acceptors (Lipinski definition) is 4. The zero-order valence-electron chi connectivity index (χ0n) is 23.6. The van der Waals surface area contributed by atoms with Gasteiger partial charge in [-0.1, -0.05) is 73.8 Å². The summed E-state index contributed by atoms with van der Waals surface area (Å²) < 4.78 is 69.0. The number of anilines is 1. The van der Waals surface area contributed by atoms with Gasteiger partial charge in [0.2, 0.25) is 11.8 Å². The lowest BCUT2D eigenvalue weighted by Gasteiger charge is -2.33. The van der Waals surface area contributed by atoms with Crippen LogP contribution in [0.15, 0.2) is 77.7 Å². The van der Waals surface area contributed by atoms with Crippen molar-refractivity contribution in [1.29, 1.82) is 0 Å². The Morgan fingerprint density at radius 2 is 1.63 bits per heavy atom. The molecule has 0 fully saturated rings. The second kappa shape index (κ2) is 14.9. The van der Waals surface area contributed by atoms with Crippen LogP contribution in [0, 0.1) is 0 Å². The molecule has 0 spiro atoms. The number of sulfonamides is 1. The van der Waals surface area contributed by atoms with Crippen molar-refractivity contribution in [2.75, 3.05) is 17.4 Å². The van der Waals surface area contributed by atoms with E-state index in [0.717, 1.165) is 18.6 Å². The van der Waals surface area contributed by atoms with Crippen LogP contribution < -0.4 is 9.62 Å². The molecule has 7 nitrogen and oxygen atoms in total. The van der Waals surface area contributed by atoms with E-state index in [4.69, 9.17) is 23.2 Å². The van der Waals surface area contributed by atoms with Gasteiger partial charge in [-0.05, 0) is 60.9 Å². The van der Waals surface area contributed by atoms with Crippen LogP contribution in [-0.4, -0.2) is 44.3 Å². The molecule has 0 aliphatic carbocycles. The first-order chi connectivity index (χ1) is 20.3. The van der Waals surface area contributed by atoms with Gasteiger partial charge in [-0.15, -0.1) is 0 Å². The van der Waals surface area contributed by atoms with Gasteiger partial charge in [0.15, 0.2) is 0 Å². The van der Waals surface area contributed by atoms with Crippen molar-refractivity contribution < 1.29 is 31.2 Å². The van der Waals surface area contributed by atoms with Gasteiger partial charge >= 0.3 is 6.18 Å². The molecule has 1 N–H and O–H groups in total. The quantitative estimate of drug-likeness (QED) is 0.202. The summed E-state index contributed by atoms with van der Waals surface area (Å²) in [5, 5.41) is 3.29. The summed E-state index contributed by atoms with van der Waals surface area (Å²) in [6, 6.07) is 14.5. The van der Waals surface area contributed by atoms with Crippen molar-refractivity contribution in [1.82, 2.24) is 10.2 Å². The van der Waals surface area contributed by atoms with Gasteiger partial charge in [-0.2, -0.15) is 13.2 Å². The minimum atomic E-state index is -4.76. The minimum absolute atomic E-state index is 0.142. The molecule has 0 saturated heterocycles. The number of benzene rings is 3. The van der Waals surface area contributed by atoms with Crippen LogP contribution in [0.4, 0.5) is 18.9 Å². The SMILES string of the molecule is CCCCNC(=O)C(CC)N(Cc1ccc(Cl)c(Cl)c1)C(=O)CN(c1cccc(C(F)(F)F)c1)S(=O)(=O)c1ccccc1. The first-order valence-corrected chi connectivity index (χ1v) is 15.7. The summed E-state index contributed by atoms with van der Waals surface area (Å²) in [5.41, 5.74) is -0.929. The van der Waals surface area contributed by atoms with Crippen LogP contribution in [0.1, 0.15) is 44.2 Å². The van der Waals surface area contributed by atoms with Gasteiger partial charge in [0.25, 0.3) is 10.0 Å². The van der Waals surface area contributed by atoms with Crippen molar-refractivity contribution in [3.63, 3.8) is 0 Å². The largest absolute Gasteiger partial charge is 0.416 e. The minimum Gasteiger partial charge on any atom is -0.354 e. The Balaban J connectivity index is 2.10. The molecule has 0 aliphatic rings. The molecule has 3 aromatic rings. The van der Waals surface area contributed by atoms with E-state index in [1.165, 1.54) is 47.4 Å². The lowest BCUT2D eigenvalue weighted by molar-refractivity contribution is -0.140. The Hall–Kier alpha value is -3.28. The molecule has 0 aliphatic heterocycles. The van der Waals surface area contributed by atoms with Crippen LogP contribution in [-0.2, 0) is 32.3 Å². The summed E-state index contributed by atoms with van der Waals surface area (Å²) in [4.78, 5) is 28.3. The number of amides is 2. The third kappa shape index (κ3) is 8.87. The first kappa shape index (κ1) is 34.2. The number of carbonyl (C=O) groups excluding carboxylic acids is 2. The molecule has 3 aromatic carbocycles. The van der Waals surface area contributed by atoms with Gasteiger partial charge in [-0.3, -0.25) is 13.9 Å². The Labute approximate surface area is 259 Å². The van der Waals surface area contributed by atoms with E-state index >= 15 is 0 Å². The van der Waals surface area contributed by atoms with Crippen molar-refractivity contribution in [2.45, 2.75) is 56.8 Å². The fraction of sp³-hybridized carbons (Fsp3) is 0.333. The molecule has 232 valence electrons. The van der Waals surface area contributed by atoms with E-state index < -0.39 is 46.2 Å². The molecule has 43 heavy (non-hydrogen) atoms. The van der Waals surface area contributed by atoms with E-state index in [9.17, 15) is 31.2 Å². The highest BCUT2D eigenvalue weighted by molar-refractivity contribution is 7.92. The predicted octanol–water partition coefficient (Wildman–Crippen LogP) is 6.93. The molecule has 1 atom stereocenters. The smallest absolute Gasteiger partial charge is 0.354 e. The Morgan fingerprint density at radius 3 is 2.23 bits per heavy atom. The average Bonchev–Trinajstić information content (AvgIpc) is 2.97. The number of nitrogens with zero attached hydrogens (tertiary/aromatic N) is 2. The molecule has 0 saturated carbocycles. The standard InChI is InChI=1S/C30H32Cl2F3N3O4S/c1-3-5-16-36-29(40)27(4-2)37(19-21-14-15-25(31)26(32)17-21)28(39)20-38(43(41,42)24-12-7-6-8-13-24)23-11-9-10-22(18-23)30(33,34)35/h6-15,17-18,27H,3-5,16,19-20H2,1-2H3,(H,36,40). The fourth-order valence-corrected chi connectivity index (χ4v) is 6.09. The lowest BCUT2D eigenvalue weighted by atomic mass is 10.1. The second-order valence-corrected chi connectivity index (χ2v) is 12.4. The van der Waals surface area contributed by atoms with Crippen molar-refractivity contribution in [3.05, 3.63) is 94.0 Å². The summed E-state index contributed by atoms with van der Waals surface area (Å²) >= 11 is 12.2. The first-order valence-electron chi connectivity index (χ1n) is 13.6.